The molecule has 19 heavy (non-hydrogen) atoms. The molecule has 2 rings (SSSR count). The summed E-state index contributed by atoms with van der Waals surface area (Å²) < 4.78 is 5.39. The van der Waals surface area contributed by atoms with E-state index in [2.05, 4.69) is 4.98 Å². The van der Waals surface area contributed by atoms with Crippen molar-refractivity contribution in [3.8, 4) is 0 Å². The van der Waals surface area contributed by atoms with Gasteiger partial charge in [0.2, 0.25) is 0 Å². The molecule has 0 aromatic carbocycles. The highest BCUT2D eigenvalue weighted by Crippen LogP contribution is 2.27. The second kappa shape index (κ2) is 5.55. The standard InChI is InChI=1S/C13H16Cl2N2O2/c1-7(2)12-8(3)17(13(18)19-12)6-9-4-10(14)16-11(15)5-9/h4-5,7-8,12H,6H2,1-3H3/t8-,12?/m1/s1. The summed E-state index contributed by atoms with van der Waals surface area (Å²) >= 11 is 11.7. The van der Waals surface area contributed by atoms with Crippen LogP contribution in [0, 0.1) is 5.92 Å². The molecule has 1 aromatic heterocycles. The molecule has 0 saturated carbocycles. The van der Waals surface area contributed by atoms with Gasteiger partial charge in [-0.3, -0.25) is 4.90 Å². The monoisotopic (exact) mass is 302 g/mol. The number of nitrogens with zero attached hydrogens (tertiary/aromatic N) is 2. The predicted molar refractivity (Wildman–Crippen MR) is 74.4 cm³/mol. The normalized spacial score (nSPS) is 23.1. The van der Waals surface area contributed by atoms with Gasteiger partial charge in [0, 0.05) is 6.54 Å². The first-order chi connectivity index (χ1) is 8.88. The van der Waals surface area contributed by atoms with E-state index >= 15 is 0 Å². The van der Waals surface area contributed by atoms with Gasteiger partial charge in [0.25, 0.3) is 0 Å². The van der Waals surface area contributed by atoms with Crippen molar-refractivity contribution in [1.29, 1.82) is 0 Å². The lowest BCUT2D eigenvalue weighted by atomic mass is 10.0. The molecule has 6 heteroatoms. The Morgan fingerprint density at radius 1 is 1.37 bits per heavy atom. The number of cyclic esters (lactones) is 1. The largest absolute Gasteiger partial charge is 0.444 e. The van der Waals surface area contributed by atoms with Gasteiger partial charge in [0.1, 0.15) is 16.4 Å². The highest BCUT2D eigenvalue weighted by molar-refractivity contribution is 6.32. The lowest BCUT2D eigenvalue weighted by molar-refractivity contribution is 0.104. The van der Waals surface area contributed by atoms with Gasteiger partial charge in [0.05, 0.1) is 6.04 Å². The van der Waals surface area contributed by atoms with Crippen LogP contribution in [0.1, 0.15) is 26.3 Å². The molecule has 0 spiro atoms. The van der Waals surface area contributed by atoms with Gasteiger partial charge in [-0.25, -0.2) is 9.78 Å². The molecule has 1 aromatic rings. The van der Waals surface area contributed by atoms with E-state index in [1.54, 1.807) is 17.0 Å². The fourth-order valence-corrected chi connectivity index (χ4v) is 2.84. The van der Waals surface area contributed by atoms with Gasteiger partial charge in [-0.05, 0) is 30.5 Å². The highest BCUT2D eigenvalue weighted by Gasteiger charge is 2.40. The number of hydrogen-bond donors (Lipinski definition) is 0. The van der Waals surface area contributed by atoms with Gasteiger partial charge >= 0.3 is 6.09 Å². The number of pyridine rings is 1. The van der Waals surface area contributed by atoms with E-state index < -0.39 is 0 Å². The fourth-order valence-electron chi connectivity index (χ4n) is 2.33. The van der Waals surface area contributed by atoms with Crippen molar-refractivity contribution >= 4 is 29.3 Å². The molecule has 1 amide bonds. The second-order valence-corrected chi connectivity index (χ2v) is 5.86. The minimum atomic E-state index is -0.296. The van der Waals surface area contributed by atoms with Crippen molar-refractivity contribution in [1.82, 2.24) is 9.88 Å². The maximum Gasteiger partial charge on any atom is 0.410 e. The summed E-state index contributed by atoms with van der Waals surface area (Å²) in [6, 6.07) is 3.44. The third-order valence-electron chi connectivity index (χ3n) is 3.27. The quantitative estimate of drug-likeness (QED) is 0.799. The summed E-state index contributed by atoms with van der Waals surface area (Å²) in [6.45, 7) is 6.49. The first-order valence-corrected chi connectivity index (χ1v) is 6.93. The Kier molecular flexibility index (Phi) is 4.21. The Labute approximate surface area is 122 Å². The van der Waals surface area contributed by atoms with E-state index in [1.807, 2.05) is 20.8 Å². The minimum absolute atomic E-state index is 0.0261. The topological polar surface area (TPSA) is 42.4 Å². The third-order valence-corrected chi connectivity index (χ3v) is 3.66. The first-order valence-electron chi connectivity index (χ1n) is 6.17. The van der Waals surface area contributed by atoms with Crippen LogP contribution in [-0.4, -0.2) is 28.1 Å². The minimum Gasteiger partial charge on any atom is -0.444 e. The molecule has 1 aliphatic heterocycles. The van der Waals surface area contributed by atoms with Crippen molar-refractivity contribution in [3.63, 3.8) is 0 Å². The Morgan fingerprint density at radius 3 is 2.42 bits per heavy atom. The molecule has 104 valence electrons. The highest BCUT2D eigenvalue weighted by atomic mass is 35.5. The number of aromatic nitrogens is 1. The molecule has 0 radical (unpaired) electrons. The Morgan fingerprint density at radius 2 is 1.95 bits per heavy atom. The third kappa shape index (κ3) is 3.12. The molecule has 0 aliphatic carbocycles. The first kappa shape index (κ1) is 14.4. The number of halogens is 2. The van der Waals surface area contributed by atoms with Crippen LogP contribution in [0.3, 0.4) is 0 Å². The van der Waals surface area contributed by atoms with Crippen LogP contribution in [0.25, 0.3) is 0 Å². The number of carbonyl (C=O) groups excluding carboxylic acids is 1. The number of hydrogen-bond acceptors (Lipinski definition) is 3. The molecule has 1 fully saturated rings. The van der Waals surface area contributed by atoms with Gasteiger partial charge in [-0.1, -0.05) is 37.0 Å². The van der Waals surface area contributed by atoms with E-state index in [1.165, 1.54) is 0 Å². The number of amides is 1. The van der Waals surface area contributed by atoms with Crippen LogP contribution in [0.5, 0.6) is 0 Å². The molecule has 0 bridgehead atoms. The van der Waals surface area contributed by atoms with Crippen LogP contribution < -0.4 is 0 Å². The van der Waals surface area contributed by atoms with Crippen molar-refractivity contribution < 1.29 is 9.53 Å². The molecular weight excluding hydrogens is 287 g/mol. The van der Waals surface area contributed by atoms with Gasteiger partial charge < -0.3 is 4.74 Å². The smallest absolute Gasteiger partial charge is 0.410 e. The summed E-state index contributed by atoms with van der Waals surface area (Å²) in [5.74, 6) is 0.286. The molecular formula is C13H16Cl2N2O2. The maximum atomic E-state index is 11.9. The lowest BCUT2D eigenvalue weighted by Crippen LogP contribution is -2.35. The Hall–Kier alpha value is -1.00. The number of rotatable bonds is 3. The zero-order valence-corrected chi connectivity index (χ0v) is 12.6. The lowest BCUT2D eigenvalue weighted by Gasteiger charge is -2.22. The summed E-state index contributed by atoms with van der Waals surface area (Å²) in [7, 11) is 0. The van der Waals surface area contributed by atoms with Crippen LogP contribution in [0.15, 0.2) is 12.1 Å². The summed E-state index contributed by atoms with van der Waals surface area (Å²) in [5, 5.41) is 0.645. The molecule has 0 N–H and O–H groups in total. The van der Waals surface area contributed by atoms with Crippen LogP contribution in [0.4, 0.5) is 4.79 Å². The van der Waals surface area contributed by atoms with Crippen molar-refractivity contribution in [2.24, 2.45) is 5.92 Å². The molecule has 4 nitrogen and oxygen atoms in total. The van der Waals surface area contributed by atoms with Gasteiger partial charge in [0.15, 0.2) is 0 Å². The van der Waals surface area contributed by atoms with Crippen LogP contribution in [-0.2, 0) is 11.3 Å². The average Bonchev–Trinajstić information content (AvgIpc) is 2.56. The summed E-state index contributed by atoms with van der Waals surface area (Å²) in [4.78, 5) is 17.5. The van der Waals surface area contributed by atoms with Gasteiger partial charge in [-0.15, -0.1) is 0 Å². The number of ether oxygens (including phenoxy) is 1. The predicted octanol–water partition coefficient (Wildman–Crippen LogP) is 3.75. The van der Waals surface area contributed by atoms with Crippen molar-refractivity contribution in [2.45, 2.75) is 39.5 Å². The molecule has 2 atom stereocenters. The SMILES string of the molecule is CC(C)C1OC(=O)N(Cc2cc(Cl)nc(Cl)c2)[C@@H]1C. The zero-order chi connectivity index (χ0) is 14.2. The van der Waals surface area contributed by atoms with Gasteiger partial charge in [-0.2, -0.15) is 0 Å². The van der Waals surface area contributed by atoms with Crippen molar-refractivity contribution in [3.05, 3.63) is 28.0 Å². The molecule has 2 heterocycles. The second-order valence-electron chi connectivity index (χ2n) is 5.08. The maximum absolute atomic E-state index is 11.9. The Bertz CT molecular complexity index is 473. The molecule has 1 saturated heterocycles. The van der Waals surface area contributed by atoms with E-state index in [0.29, 0.717) is 16.9 Å². The van der Waals surface area contributed by atoms with E-state index in [4.69, 9.17) is 27.9 Å². The van der Waals surface area contributed by atoms with E-state index in [-0.39, 0.29) is 24.2 Å². The van der Waals surface area contributed by atoms with E-state index in [0.717, 1.165) is 5.56 Å². The summed E-state index contributed by atoms with van der Waals surface area (Å²) in [6.07, 6.45) is -0.379. The summed E-state index contributed by atoms with van der Waals surface area (Å²) in [5.41, 5.74) is 0.846. The van der Waals surface area contributed by atoms with E-state index in [9.17, 15) is 4.79 Å². The van der Waals surface area contributed by atoms with Crippen LogP contribution in [0.2, 0.25) is 10.3 Å². The Balaban J connectivity index is 2.16. The zero-order valence-electron chi connectivity index (χ0n) is 11.1. The average molecular weight is 303 g/mol. The molecule has 1 unspecified atom stereocenters. The molecule has 1 aliphatic rings. The number of carbonyl (C=O) groups is 1. The fraction of sp³-hybridized carbons (Fsp3) is 0.538. The van der Waals surface area contributed by atoms with Crippen LogP contribution >= 0.6 is 23.2 Å². The van der Waals surface area contributed by atoms with Crippen molar-refractivity contribution in [2.75, 3.05) is 0 Å².